The number of nitrogens with one attached hydrogen (secondary N) is 1. The largest absolute Gasteiger partial charge is 0.339 e. The third kappa shape index (κ3) is 4.65. The van der Waals surface area contributed by atoms with Gasteiger partial charge in [0.1, 0.15) is 0 Å². The van der Waals surface area contributed by atoms with E-state index in [1.165, 1.54) is 11.1 Å². The van der Waals surface area contributed by atoms with Gasteiger partial charge in [-0.1, -0.05) is 35.0 Å². The first kappa shape index (κ1) is 15.7. The van der Waals surface area contributed by atoms with E-state index in [0.717, 1.165) is 12.2 Å². The van der Waals surface area contributed by atoms with Gasteiger partial charge in [-0.05, 0) is 26.5 Å². The number of likely N-dealkylation sites (N-methyl/N-ethyl adjacent to an activating group) is 1. The first-order valence-corrected chi connectivity index (χ1v) is 6.21. The van der Waals surface area contributed by atoms with E-state index in [9.17, 15) is 0 Å². The summed E-state index contributed by atoms with van der Waals surface area (Å²) < 4.78 is 5.26. The molecule has 1 atom stereocenters. The number of halogens is 1. The van der Waals surface area contributed by atoms with Gasteiger partial charge in [-0.15, -0.1) is 12.4 Å². The maximum atomic E-state index is 5.26. The van der Waals surface area contributed by atoms with Crippen LogP contribution in [0.1, 0.15) is 29.8 Å². The summed E-state index contributed by atoms with van der Waals surface area (Å²) in [4.78, 5) is 4.40. The molecule has 1 aromatic heterocycles. The van der Waals surface area contributed by atoms with Crippen molar-refractivity contribution in [3.63, 3.8) is 0 Å². The maximum absolute atomic E-state index is 5.26. The van der Waals surface area contributed by atoms with E-state index in [2.05, 4.69) is 53.6 Å². The Balaban J connectivity index is 0.00000180. The van der Waals surface area contributed by atoms with E-state index in [4.69, 9.17) is 4.52 Å². The summed E-state index contributed by atoms with van der Waals surface area (Å²) in [6.07, 6.45) is 1.48. The average molecular weight is 282 g/mol. The van der Waals surface area contributed by atoms with Gasteiger partial charge in [0.05, 0.1) is 6.42 Å². The highest BCUT2D eigenvalue weighted by Crippen LogP contribution is 2.09. The highest BCUT2D eigenvalue weighted by Gasteiger charge is 2.09. The van der Waals surface area contributed by atoms with Crippen molar-refractivity contribution in [3.8, 4) is 0 Å². The van der Waals surface area contributed by atoms with Crippen molar-refractivity contribution in [3.05, 3.63) is 47.1 Å². The Bertz CT molecular complexity index is 496. The lowest BCUT2D eigenvalue weighted by Gasteiger charge is -2.04. The number of rotatable bonds is 5. The molecule has 1 aromatic carbocycles. The molecule has 0 saturated carbocycles. The minimum atomic E-state index is 0. The molecule has 0 radical (unpaired) electrons. The van der Waals surface area contributed by atoms with Crippen LogP contribution >= 0.6 is 12.4 Å². The number of benzene rings is 1. The van der Waals surface area contributed by atoms with Crippen molar-refractivity contribution in [2.75, 3.05) is 7.05 Å². The molecule has 19 heavy (non-hydrogen) atoms. The third-order valence-corrected chi connectivity index (χ3v) is 2.97. The predicted molar refractivity (Wildman–Crippen MR) is 77.8 cm³/mol. The zero-order valence-electron chi connectivity index (χ0n) is 11.5. The molecule has 1 heterocycles. The van der Waals surface area contributed by atoms with Crippen LogP contribution in [-0.2, 0) is 12.8 Å². The van der Waals surface area contributed by atoms with Gasteiger partial charge in [0.25, 0.3) is 0 Å². The topological polar surface area (TPSA) is 51.0 Å². The monoisotopic (exact) mass is 281 g/mol. The Morgan fingerprint density at radius 3 is 2.58 bits per heavy atom. The van der Waals surface area contributed by atoms with Gasteiger partial charge in [0, 0.05) is 12.5 Å². The molecular weight excluding hydrogens is 262 g/mol. The number of aromatic nitrogens is 2. The molecular formula is C14H20ClN3O. The minimum Gasteiger partial charge on any atom is -0.339 e. The summed E-state index contributed by atoms with van der Waals surface area (Å²) >= 11 is 0. The summed E-state index contributed by atoms with van der Waals surface area (Å²) in [5.41, 5.74) is 2.45. The molecule has 0 aliphatic carbocycles. The van der Waals surface area contributed by atoms with Crippen LogP contribution in [0.15, 0.2) is 28.8 Å². The number of hydrogen-bond donors (Lipinski definition) is 1. The number of aryl methyl sites for hydroxylation is 1. The van der Waals surface area contributed by atoms with E-state index < -0.39 is 0 Å². The van der Waals surface area contributed by atoms with Crippen molar-refractivity contribution >= 4 is 12.4 Å². The van der Waals surface area contributed by atoms with Crippen LogP contribution in [0.25, 0.3) is 0 Å². The van der Waals surface area contributed by atoms with E-state index in [0.29, 0.717) is 18.4 Å². The second-order valence-corrected chi connectivity index (χ2v) is 4.66. The van der Waals surface area contributed by atoms with Crippen LogP contribution in [0, 0.1) is 6.92 Å². The summed E-state index contributed by atoms with van der Waals surface area (Å²) in [5.74, 6) is 1.44. The summed E-state index contributed by atoms with van der Waals surface area (Å²) in [7, 11) is 1.93. The van der Waals surface area contributed by atoms with E-state index in [1.54, 1.807) is 0 Å². The Kier molecular flexibility index (Phi) is 5.99. The molecule has 104 valence electrons. The molecule has 0 bridgehead atoms. The zero-order chi connectivity index (χ0) is 13.0. The summed E-state index contributed by atoms with van der Waals surface area (Å²) in [6, 6.07) is 8.73. The maximum Gasteiger partial charge on any atom is 0.231 e. The van der Waals surface area contributed by atoms with Gasteiger partial charge in [0.2, 0.25) is 5.89 Å². The molecule has 4 nitrogen and oxygen atoms in total. The van der Waals surface area contributed by atoms with Crippen LogP contribution in [-0.4, -0.2) is 23.2 Å². The van der Waals surface area contributed by atoms with Gasteiger partial charge in [-0.3, -0.25) is 0 Å². The fourth-order valence-electron chi connectivity index (χ4n) is 1.70. The van der Waals surface area contributed by atoms with Crippen molar-refractivity contribution < 1.29 is 4.52 Å². The lowest BCUT2D eigenvalue weighted by atomic mass is 10.1. The van der Waals surface area contributed by atoms with E-state index in [1.807, 2.05) is 7.05 Å². The van der Waals surface area contributed by atoms with Crippen LogP contribution in [0.5, 0.6) is 0 Å². The van der Waals surface area contributed by atoms with Gasteiger partial charge >= 0.3 is 0 Å². The first-order valence-electron chi connectivity index (χ1n) is 6.21. The molecule has 0 aliphatic heterocycles. The lowest BCUT2D eigenvalue weighted by Crippen LogP contribution is -2.24. The van der Waals surface area contributed by atoms with Crippen LogP contribution in [0.3, 0.4) is 0 Å². The molecule has 2 aromatic rings. The molecule has 0 saturated heterocycles. The average Bonchev–Trinajstić information content (AvgIpc) is 2.79. The van der Waals surface area contributed by atoms with E-state index >= 15 is 0 Å². The summed E-state index contributed by atoms with van der Waals surface area (Å²) in [5, 5.41) is 7.15. The highest BCUT2D eigenvalue weighted by molar-refractivity contribution is 5.85. The smallest absolute Gasteiger partial charge is 0.231 e. The zero-order valence-corrected chi connectivity index (χ0v) is 12.3. The second kappa shape index (κ2) is 7.26. The fourth-order valence-corrected chi connectivity index (χ4v) is 1.70. The predicted octanol–water partition coefficient (Wildman–Crippen LogP) is 2.54. The van der Waals surface area contributed by atoms with Gasteiger partial charge in [0.15, 0.2) is 5.82 Å². The van der Waals surface area contributed by atoms with Crippen molar-refractivity contribution in [2.45, 2.75) is 32.7 Å². The standard InChI is InChI=1S/C14H19N3O.ClH/c1-10-4-6-12(7-5-10)9-14-16-13(17-18-14)8-11(2)15-3;/h4-7,11,15H,8-9H2,1-3H3;1H. The Labute approximate surface area is 120 Å². The molecule has 0 spiro atoms. The SMILES string of the molecule is CNC(C)Cc1noc(Cc2ccc(C)cc2)n1.Cl. The number of hydrogen-bond acceptors (Lipinski definition) is 4. The molecule has 0 fully saturated rings. The molecule has 1 N–H and O–H groups in total. The molecule has 2 rings (SSSR count). The number of nitrogens with zero attached hydrogens (tertiary/aromatic N) is 2. The Morgan fingerprint density at radius 1 is 1.26 bits per heavy atom. The van der Waals surface area contributed by atoms with Crippen LogP contribution in [0.4, 0.5) is 0 Å². The molecule has 1 unspecified atom stereocenters. The minimum absolute atomic E-state index is 0. The van der Waals surface area contributed by atoms with Crippen LogP contribution in [0.2, 0.25) is 0 Å². The highest BCUT2D eigenvalue weighted by atomic mass is 35.5. The molecule has 0 aliphatic rings. The Morgan fingerprint density at radius 2 is 1.95 bits per heavy atom. The van der Waals surface area contributed by atoms with Crippen molar-refractivity contribution in [2.24, 2.45) is 0 Å². The second-order valence-electron chi connectivity index (χ2n) is 4.66. The fraction of sp³-hybridized carbons (Fsp3) is 0.429. The van der Waals surface area contributed by atoms with Crippen LogP contribution < -0.4 is 5.32 Å². The van der Waals surface area contributed by atoms with Gasteiger partial charge in [-0.25, -0.2) is 0 Å². The lowest BCUT2D eigenvalue weighted by molar-refractivity contribution is 0.377. The van der Waals surface area contributed by atoms with Crippen molar-refractivity contribution in [1.29, 1.82) is 0 Å². The van der Waals surface area contributed by atoms with Gasteiger partial charge in [-0.2, -0.15) is 4.98 Å². The summed E-state index contributed by atoms with van der Waals surface area (Å²) in [6.45, 7) is 4.17. The Hall–Kier alpha value is -1.39. The normalized spacial score (nSPS) is 11.9. The molecule has 5 heteroatoms. The van der Waals surface area contributed by atoms with Gasteiger partial charge < -0.3 is 9.84 Å². The first-order chi connectivity index (χ1) is 8.67. The third-order valence-electron chi connectivity index (χ3n) is 2.97. The quantitative estimate of drug-likeness (QED) is 0.915. The van der Waals surface area contributed by atoms with Crippen molar-refractivity contribution in [1.82, 2.24) is 15.5 Å². The molecule has 0 amide bonds. The van der Waals surface area contributed by atoms with E-state index in [-0.39, 0.29) is 12.4 Å².